The van der Waals surface area contributed by atoms with Gasteiger partial charge in [-0.25, -0.2) is 0 Å². The van der Waals surface area contributed by atoms with Crippen molar-refractivity contribution in [3.05, 3.63) is 162 Å². The molecule has 0 saturated heterocycles. The molecule has 0 radical (unpaired) electrons. The van der Waals surface area contributed by atoms with Crippen molar-refractivity contribution in [3.63, 3.8) is 0 Å². The van der Waals surface area contributed by atoms with Gasteiger partial charge >= 0.3 is 0 Å². The molecular formula is C53H53BN2O. The van der Waals surface area contributed by atoms with Crippen molar-refractivity contribution < 1.29 is 4.42 Å². The minimum absolute atomic E-state index is 0.0312. The Kier molecular flexibility index (Phi) is 8.52. The van der Waals surface area contributed by atoms with E-state index in [-0.39, 0.29) is 23.0 Å². The summed E-state index contributed by atoms with van der Waals surface area (Å²) in [6, 6.07) is 51.9. The SMILES string of the molecule is Cc1cc2c3c(c1)N(c1ccc(C(C)(C)C)cc1)c1oc(-c4ccccc4)c(-c4ccccc4)c1B3c1ccc(C(C)(C)C)cc1N2c1ccc(C(C)(C)C)cc1. The molecule has 3 nitrogen and oxygen atoms in total. The molecule has 3 heterocycles. The van der Waals surface area contributed by atoms with E-state index in [0.29, 0.717) is 0 Å². The van der Waals surface area contributed by atoms with Gasteiger partial charge in [0.05, 0.1) is 0 Å². The molecule has 0 bridgehead atoms. The average Bonchev–Trinajstić information content (AvgIpc) is 3.57. The van der Waals surface area contributed by atoms with Gasteiger partial charge in [-0.15, -0.1) is 0 Å². The van der Waals surface area contributed by atoms with Gasteiger partial charge in [0.25, 0.3) is 6.71 Å². The lowest BCUT2D eigenvalue weighted by atomic mass is 9.33. The van der Waals surface area contributed by atoms with Gasteiger partial charge in [0.1, 0.15) is 5.76 Å². The average molecular weight is 745 g/mol. The van der Waals surface area contributed by atoms with Gasteiger partial charge in [-0.3, -0.25) is 4.90 Å². The van der Waals surface area contributed by atoms with E-state index in [9.17, 15) is 0 Å². The number of furan rings is 1. The molecule has 0 N–H and O–H groups in total. The molecule has 0 fully saturated rings. The highest BCUT2D eigenvalue weighted by Gasteiger charge is 2.48. The first-order valence-electron chi connectivity index (χ1n) is 20.5. The van der Waals surface area contributed by atoms with Crippen LogP contribution in [0.1, 0.15) is 84.6 Å². The van der Waals surface area contributed by atoms with Crippen molar-refractivity contribution >= 4 is 57.4 Å². The number of anilines is 6. The number of hydrogen-bond donors (Lipinski definition) is 0. The van der Waals surface area contributed by atoms with Crippen LogP contribution in [0, 0.1) is 6.92 Å². The first-order valence-corrected chi connectivity index (χ1v) is 20.5. The van der Waals surface area contributed by atoms with Crippen LogP contribution in [0.4, 0.5) is 34.3 Å². The standard InChI is InChI=1S/C53H53BN2O/c1-34-31-44-47-45(32-34)56(41-28-23-38(24-29-41)52(5,6)7)50-48(46(35-17-13-11-14-18-35)49(57-50)36-19-15-12-16-20-36)54(47)42-30-25-39(53(8,9)10)33-43(42)55(44)40-26-21-37(22-27-40)51(2,3)4/h11-33H,1-10H3. The van der Waals surface area contributed by atoms with Gasteiger partial charge in [0, 0.05) is 45.0 Å². The van der Waals surface area contributed by atoms with Crippen molar-refractivity contribution in [2.24, 2.45) is 0 Å². The largest absolute Gasteiger partial charge is 0.440 e. The van der Waals surface area contributed by atoms with E-state index in [2.05, 4.69) is 219 Å². The molecule has 4 heteroatoms. The fraction of sp³-hybridized carbons (Fsp3) is 0.245. The third-order valence-corrected chi connectivity index (χ3v) is 12.0. The van der Waals surface area contributed by atoms with E-state index < -0.39 is 0 Å². The van der Waals surface area contributed by atoms with Crippen LogP contribution in [0.5, 0.6) is 0 Å². The highest BCUT2D eigenvalue weighted by Crippen LogP contribution is 2.49. The highest BCUT2D eigenvalue weighted by atomic mass is 16.4. The van der Waals surface area contributed by atoms with E-state index in [1.165, 1.54) is 50.0 Å². The Morgan fingerprint density at radius 3 is 1.46 bits per heavy atom. The van der Waals surface area contributed by atoms with E-state index in [0.717, 1.165) is 45.4 Å². The van der Waals surface area contributed by atoms with E-state index in [4.69, 9.17) is 4.42 Å². The van der Waals surface area contributed by atoms with E-state index in [1.807, 2.05) is 0 Å². The zero-order chi connectivity index (χ0) is 40.0. The van der Waals surface area contributed by atoms with E-state index >= 15 is 0 Å². The summed E-state index contributed by atoms with van der Waals surface area (Å²) in [6.45, 7) is 22.8. The molecule has 6 aromatic carbocycles. The molecule has 7 aromatic rings. The van der Waals surface area contributed by atoms with Crippen LogP contribution >= 0.6 is 0 Å². The number of fused-ring (bicyclic) bond motifs is 4. The number of hydrogen-bond acceptors (Lipinski definition) is 3. The summed E-state index contributed by atoms with van der Waals surface area (Å²) >= 11 is 0. The third-order valence-electron chi connectivity index (χ3n) is 12.0. The topological polar surface area (TPSA) is 19.6 Å². The second-order valence-electron chi connectivity index (χ2n) is 19.2. The molecule has 0 spiro atoms. The van der Waals surface area contributed by atoms with Crippen LogP contribution in [0.15, 0.2) is 144 Å². The Hall–Kier alpha value is -5.74. The lowest BCUT2D eigenvalue weighted by molar-refractivity contribution is 0.588. The summed E-state index contributed by atoms with van der Waals surface area (Å²) in [5.74, 6) is 1.77. The Labute approximate surface area is 340 Å². The molecule has 284 valence electrons. The lowest BCUT2D eigenvalue weighted by Gasteiger charge is -2.43. The summed E-state index contributed by atoms with van der Waals surface area (Å²) in [4.78, 5) is 4.93. The molecule has 9 rings (SSSR count). The Bertz CT molecular complexity index is 2620. The summed E-state index contributed by atoms with van der Waals surface area (Å²) in [5, 5.41) is 0. The van der Waals surface area contributed by atoms with E-state index in [1.54, 1.807) is 0 Å². The maximum Gasteiger partial charge on any atom is 0.257 e. The monoisotopic (exact) mass is 744 g/mol. The van der Waals surface area contributed by atoms with Crippen molar-refractivity contribution in [2.75, 3.05) is 9.80 Å². The Morgan fingerprint density at radius 1 is 0.456 bits per heavy atom. The second-order valence-corrected chi connectivity index (χ2v) is 19.2. The zero-order valence-corrected chi connectivity index (χ0v) is 35.2. The van der Waals surface area contributed by atoms with Crippen molar-refractivity contribution in [2.45, 2.75) is 85.5 Å². The first-order chi connectivity index (χ1) is 27.1. The molecule has 2 aliphatic rings. The Morgan fingerprint density at radius 2 is 0.930 bits per heavy atom. The molecule has 57 heavy (non-hydrogen) atoms. The predicted octanol–water partition coefficient (Wildman–Crippen LogP) is 12.9. The molecule has 0 amide bonds. The molecule has 1 aromatic heterocycles. The van der Waals surface area contributed by atoms with Crippen molar-refractivity contribution in [3.8, 4) is 22.5 Å². The van der Waals surface area contributed by atoms with Gasteiger partial charge in [-0.05, 0) is 104 Å². The molecule has 0 atom stereocenters. The van der Waals surface area contributed by atoms with Gasteiger partial charge in [0.15, 0.2) is 0 Å². The normalized spacial score (nSPS) is 13.7. The third kappa shape index (κ3) is 6.21. The summed E-state index contributed by atoms with van der Waals surface area (Å²) in [5.41, 5.74) is 18.1. The molecule has 2 aliphatic heterocycles. The zero-order valence-electron chi connectivity index (χ0n) is 35.2. The van der Waals surface area contributed by atoms with Crippen LogP contribution in [-0.4, -0.2) is 6.71 Å². The molecule has 0 saturated carbocycles. The van der Waals surface area contributed by atoms with Crippen LogP contribution in [0.2, 0.25) is 0 Å². The van der Waals surface area contributed by atoms with Crippen LogP contribution in [0.3, 0.4) is 0 Å². The number of benzene rings is 6. The van der Waals surface area contributed by atoms with Crippen molar-refractivity contribution in [1.29, 1.82) is 0 Å². The Balaban J connectivity index is 1.41. The summed E-state index contributed by atoms with van der Waals surface area (Å²) in [6.07, 6.45) is 0. The van der Waals surface area contributed by atoms with Crippen molar-refractivity contribution in [1.82, 2.24) is 0 Å². The molecular weight excluding hydrogens is 691 g/mol. The van der Waals surface area contributed by atoms with Crippen LogP contribution < -0.4 is 26.2 Å². The first kappa shape index (κ1) is 36.9. The highest BCUT2D eigenvalue weighted by molar-refractivity contribution is 7.01. The predicted molar refractivity (Wildman–Crippen MR) is 244 cm³/mol. The second kappa shape index (κ2) is 13.2. The van der Waals surface area contributed by atoms with Crippen LogP contribution in [-0.2, 0) is 16.2 Å². The molecule has 0 aliphatic carbocycles. The van der Waals surface area contributed by atoms with Gasteiger partial charge in [-0.1, -0.05) is 159 Å². The minimum atomic E-state index is -0.0822. The fourth-order valence-corrected chi connectivity index (χ4v) is 8.87. The number of nitrogens with zero attached hydrogens (tertiary/aromatic N) is 2. The number of rotatable bonds is 4. The maximum atomic E-state index is 7.40. The summed E-state index contributed by atoms with van der Waals surface area (Å²) in [7, 11) is 0. The fourth-order valence-electron chi connectivity index (χ4n) is 8.87. The van der Waals surface area contributed by atoms with Gasteiger partial charge in [0.2, 0.25) is 5.88 Å². The summed E-state index contributed by atoms with van der Waals surface area (Å²) < 4.78 is 7.40. The smallest absolute Gasteiger partial charge is 0.257 e. The lowest BCUT2D eigenvalue weighted by Crippen LogP contribution is -2.61. The number of aryl methyl sites for hydroxylation is 1. The quantitative estimate of drug-likeness (QED) is 0.167. The van der Waals surface area contributed by atoms with Gasteiger partial charge < -0.3 is 9.32 Å². The molecule has 0 unspecified atom stereocenters. The minimum Gasteiger partial charge on any atom is -0.440 e. The maximum absolute atomic E-state index is 7.40. The van der Waals surface area contributed by atoms with Gasteiger partial charge in [-0.2, -0.15) is 0 Å². The van der Waals surface area contributed by atoms with Crippen LogP contribution in [0.25, 0.3) is 22.5 Å².